The zero-order chi connectivity index (χ0) is 14.8. The van der Waals surface area contributed by atoms with Crippen molar-refractivity contribution in [2.24, 2.45) is 0 Å². The monoisotopic (exact) mass is 290 g/mol. The topological polar surface area (TPSA) is 61.7 Å². The number of anilines is 1. The Bertz CT molecular complexity index is 528. The van der Waals surface area contributed by atoms with Crippen LogP contribution >= 0.6 is 0 Å². The number of hydrogen-bond acceptors (Lipinski definition) is 5. The highest BCUT2D eigenvalue weighted by Gasteiger charge is 2.31. The van der Waals surface area contributed by atoms with Gasteiger partial charge in [-0.25, -0.2) is 0 Å². The molecule has 1 aromatic carbocycles. The van der Waals surface area contributed by atoms with Gasteiger partial charge in [-0.15, -0.1) is 0 Å². The molecule has 6 nitrogen and oxygen atoms in total. The molecule has 2 aliphatic rings. The van der Waals surface area contributed by atoms with Gasteiger partial charge in [-0.1, -0.05) is 6.07 Å². The van der Waals surface area contributed by atoms with E-state index < -0.39 is 0 Å². The minimum Gasteiger partial charge on any atom is -0.364 e. The Morgan fingerprint density at radius 2 is 2.05 bits per heavy atom. The first-order valence-corrected chi connectivity index (χ1v) is 7.60. The Morgan fingerprint density at radius 1 is 1.29 bits per heavy atom. The predicted molar refractivity (Wildman–Crippen MR) is 82.9 cm³/mol. The van der Waals surface area contributed by atoms with Gasteiger partial charge in [0.2, 0.25) is 0 Å². The lowest BCUT2D eigenvalue weighted by Gasteiger charge is -2.32. The molecule has 6 heteroatoms. The fourth-order valence-corrected chi connectivity index (χ4v) is 3.35. The lowest BCUT2D eigenvalue weighted by Crippen LogP contribution is -2.49. The van der Waals surface area contributed by atoms with Gasteiger partial charge in [-0.05, 0) is 25.0 Å². The van der Waals surface area contributed by atoms with Crippen molar-refractivity contribution >= 4 is 11.4 Å². The van der Waals surface area contributed by atoms with Crippen LogP contribution in [0.4, 0.5) is 11.4 Å². The third-order valence-electron chi connectivity index (χ3n) is 4.50. The number of rotatable bonds is 3. The summed E-state index contributed by atoms with van der Waals surface area (Å²) in [5.74, 6) is 0. The zero-order valence-corrected chi connectivity index (χ0v) is 12.4. The van der Waals surface area contributed by atoms with Crippen molar-refractivity contribution in [2.75, 3.05) is 44.2 Å². The van der Waals surface area contributed by atoms with E-state index in [1.54, 1.807) is 6.07 Å². The number of piperazine rings is 1. The molecule has 2 saturated heterocycles. The van der Waals surface area contributed by atoms with Crippen molar-refractivity contribution in [1.29, 1.82) is 0 Å². The molecular formula is C15H22N4O2. The number of benzene rings is 1. The van der Waals surface area contributed by atoms with Gasteiger partial charge in [0.15, 0.2) is 0 Å². The first kappa shape index (κ1) is 14.3. The first-order valence-electron chi connectivity index (χ1n) is 7.60. The van der Waals surface area contributed by atoms with Crippen LogP contribution in [0.15, 0.2) is 18.2 Å². The molecule has 1 atom stereocenters. The van der Waals surface area contributed by atoms with Crippen LogP contribution < -0.4 is 10.2 Å². The summed E-state index contributed by atoms with van der Waals surface area (Å²) in [5.41, 5.74) is 2.07. The van der Waals surface area contributed by atoms with Gasteiger partial charge in [0.1, 0.15) is 5.69 Å². The van der Waals surface area contributed by atoms with Gasteiger partial charge in [0.05, 0.1) is 4.92 Å². The van der Waals surface area contributed by atoms with Crippen LogP contribution in [0.25, 0.3) is 0 Å². The number of nitro groups is 1. The molecule has 0 aromatic heterocycles. The first-order chi connectivity index (χ1) is 10.1. The maximum Gasteiger partial charge on any atom is 0.292 e. The van der Waals surface area contributed by atoms with Gasteiger partial charge in [-0.2, -0.15) is 0 Å². The molecule has 3 rings (SSSR count). The van der Waals surface area contributed by atoms with Crippen LogP contribution in [-0.4, -0.2) is 55.1 Å². The summed E-state index contributed by atoms with van der Waals surface area (Å²) >= 11 is 0. The standard InChI is InChI=1S/C15H22N4O2/c1-12-2-3-14(19(20)21)15(10-12)18-7-4-13(11-18)17-8-5-16-6-9-17/h2-3,10,13,16H,4-9,11H2,1H3. The summed E-state index contributed by atoms with van der Waals surface area (Å²) in [7, 11) is 0. The molecule has 1 N–H and O–H groups in total. The van der Waals surface area contributed by atoms with E-state index in [1.165, 1.54) is 0 Å². The Hall–Kier alpha value is -1.66. The molecule has 0 aliphatic carbocycles. The molecule has 0 spiro atoms. The average Bonchev–Trinajstić information content (AvgIpc) is 2.97. The summed E-state index contributed by atoms with van der Waals surface area (Å²) in [6, 6.07) is 5.90. The minimum absolute atomic E-state index is 0.224. The summed E-state index contributed by atoms with van der Waals surface area (Å²) in [6.45, 7) is 8.02. The van der Waals surface area contributed by atoms with Crippen LogP contribution in [0.5, 0.6) is 0 Å². The van der Waals surface area contributed by atoms with Crippen molar-refractivity contribution in [3.8, 4) is 0 Å². The zero-order valence-electron chi connectivity index (χ0n) is 12.4. The fourth-order valence-electron chi connectivity index (χ4n) is 3.35. The second-order valence-electron chi connectivity index (χ2n) is 5.92. The number of nitrogens with zero attached hydrogens (tertiary/aromatic N) is 3. The van der Waals surface area contributed by atoms with E-state index in [1.807, 2.05) is 19.1 Å². The summed E-state index contributed by atoms with van der Waals surface area (Å²) in [4.78, 5) is 15.7. The van der Waals surface area contributed by atoms with Gasteiger partial charge < -0.3 is 10.2 Å². The Labute approximate surface area is 124 Å². The van der Waals surface area contributed by atoms with E-state index in [9.17, 15) is 10.1 Å². The van der Waals surface area contributed by atoms with Gasteiger partial charge in [-0.3, -0.25) is 15.0 Å². The largest absolute Gasteiger partial charge is 0.364 e. The van der Waals surface area contributed by atoms with Crippen LogP contribution in [0, 0.1) is 17.0 Å². The summed E-state index contributed by atoms with van der Waals surface area (Å²) in [5, 5.41) is 14.6. The predicted octanol–water partition coefficient (Wildman–Crippen LogP) is 1.39. The van der Waals surface area contributed by atoms with Crippen LogP contribution in [0.2, 0.25) is 0 Å². The molecule has 0 bridgehead atoms. The Balaban J connectivity index is 1.76. The third-order valence-corrected chi connectivity index (χ3v) is 4.50. The van der Waals surface area contributed by atoms with Gasteiger partial charge in [0.25, 0.3) is 5.69 Å². The Kier molecular flexibility index (Phi) is 4.07. The van der Waals surface area contributed by atoms with E-state index in [4.69, 9.17) is 0 Å². The lowest BCUT2D eigenvalue weighted by atomic mass is 10.1. The molecule has 1 unspecified atom stereocenters. The fraction of sp³-hybridized carbons (Fsp3) is 0.600. The highest BCUT2D eigenvalue weighted by Crippen LogP contribution is 2.32. The number of nitrogens with one attached hydrogen (secondary N) is 1. The molecular weight excluding hydrogens is 268 g/mol. The molecule has 1 aromatic rings. The molecule has 2 heterocycles. The van der Waals surface area contributed by atoms with E-state index >= 15 is 0 Å². The van der Waals surface area contributed by atoms with E-state index in [0.29, 0.717) is 6.04 Å². The maximum atomic E-state index is 11.2. The van der Waals surface area contributed by atoms with Crippen molar-refractivity contribution in [3.63, 3.8) is 0 Å². The SMILES string of the molecule is Cc1ccc([N+](=O)[O-])c(N2CCC(N3CCNCC3)C2)c1. The highest BCUT2D eigenvalue weighted by atomic mass is 16.6. The molecule has 114 valence electrons. The van der Waals surface area contributed by atoms with Crippen LogP contribution in [0.1, 0.15) is 12.0 Å². The van der Waals surface area contributed by atoms with Gasteiger partial charge >= 0.3 is 0 Å². The molecule has 0 saturated carbocycles. The summed E-state index contributed by atoms with van der Waals surface area (Å²) in [6.07, 6.45) is 1.09. The average molecular weight is 290 g/mol. The smallest absolute Gasteiger partial charge is 0.292 e. The van der Waals surface area contributed by atoms with Crippen molar-refractivity contribution < 1.29 is 4.92 Å². The van der Waals surface area contributed by atoms with Crippen LogP contribution in [-0.2, 0) is 0 Å². The number of hydrogen-bond donors (Lipinski definition) is 1. The normalized spacial score (nSPS) is 23.5. The van der Waals surface area contributed by atoms with Crippen molar-refractivity contribution in [3.05, 3.63) is 33.9 Å². The second kappa shape index (κ2) is 5.99. The van der Waals surface area contributed by atoms with Gasteiger partial charge in [0, 0.05) is 51.4 Å². The highest BCUT2D eigenvalue weighted by molar-refractivity contribution is 5.65. The van der Waals surface area contributed by atoms with Crippen LogP contribution in [0.3, 0.4) is 0 Å². The summed E-state index contributed by atoms with van der Waals surface area (Å²) < 4.78 is 0. The maximum absolute atomic E-state index is 11.2. The lowest BCUT2D eigenvalue weighted by molar-refractivity contribution is -0.384. The molecule has 2 aliphatic heterocycles. The van der Waals surface area contributed by atoms with Crippen molar-refractivity contribution in [2.45, 2.75) is 19.4 Å². The molecule has 0 radical (unpaired) electrons. The van der Waals surface area contributed by atoms with Crippen molar-refractivity contribution in [1.82, 2.24) is 10.2 Å². The Morgan fingerprint density at radius 3 is 2.76 bits per heavy atom. The van der Waals surface area contributed by atoms with E-state index in [0.717, 1.165) is 56.9 Å². The second-order valence-corrected chi connectivity index (χ2v) is 5.92. The number of aryl methyl sites for hydroxylation is 1. The minimum atomic E-state index is -0.271. The molecule has 0 amide bonds. The number of nitro benzene ring substituents is 1. The quantitative estimate of drug-likeness (QED) is 0.673. The third kappa shape index (κ3) is 3.01. The van der Waals surface area contributed by atoms with E-state index in [2.05, 4.69) is 15.1 Å². The molecule has 2 fully saturated rings. The molecule has 21 heavy (non-hydrogen) atoms. The van der Waals surface area contributed by atoms with E-state index in [-0.39, 0.29) is 10.6 Å².